The number of benzene rings is 10. The van der Waals surface area contributed by atoms with E-state index in [0.29, 0.717) is 0 Å². The molecule has 0 amide bonds. The summed E-state index contributed by atoms with van der Waals surface area (Å²) in [6.45, 7) is 5.03. The van der Waals surface area contributed by atoms with Crippen LogP contribution in [0.4, 0.5) is 0 Å². The van der Waals surface area contributed by atoms with Gasteiger partial charge >= 0.3 is 0 Å². The molecule has 1 aliphatic heterocycles. The molecule has 0 saturated heterocycles. The van der Waals surface area contributed by atoms with Crippen molar-refractivity contribution in [2.24, 2.45) is 0 Å². The monoisotopic (exact) mass is 857 g/mol. The van der Waals surface area contributed by atoms with E-state index in [1.165, 1.54) is 116 Å². The van der Waals surface area contributed by atoms with E-state index < -0.39 is 8.07 Å². The van der Waals surface area contributed by atoms with Gasteiger partial charge in [-0.15, -0.1) is 0 Å². The van der Waals surface area contributed by atoms with Crippen LogP contribution in [0.2, 0.25) is 13.1 Å². The minimum atomic E-state index is -2.01. The highest BCUT2D eigenvalue weighted by molar-refractivity contribution is 7.03. The number of aromatic nitrogens is 1. The predicted octanol–water partition coefficient (Wildman–Crippen LogP) is 16.1. The van der Waals surface area contributed by atoms with Crippen LogP contribution < -0.4 is 10.4 Å². The minimum absolute atomic E-state index is 1.20. The molecular formula is C64H47NSi. The van der Waals surface area contributed by atoms with Gasteiger partial charge in [-0.3, -0.25) is 0 Å². The van der Waals surface area contributed by atoms with E-state index in [-0.39, 0.29) is 0 Å². The molecule has 0 radical (unpaired) electrons. The summed E-state index contributed by atoms with van der Waals surface area (Å²) in [4.78, 5) is 0. The largest absolute Gasteiger partial charge is 0.316 e. The molecule has 12 rings (SSSR count). The Labute approximate surface area is 388 Å². The molecule has 1 aromatic heterocycles. The minimum Gasteiger partial charge on any atom is -0.316 e. The molecule has 0 saturated carbocycles. The molecule has 10 aromatic carbocycles. The maximum Gasteiger partial charge on any atom is 0.113 e. The molecule has 0 atom stereocenters. The zero-order valence-electron chi connectivity index (χ0n) is 37.1. The third-order valence-corrected chi connectivity index (χ3v) is 17.4. The topological polar surface area (TPSA) is 4.93 Å². The predicted molar refractivity (Wildman–Crippen MR) is 284 cm³/mol. The molecule has 1 nitrogen and oxygen atoms in total. The summed E-state index contributed by atoms with van der Waals surface area (Å²) < 4.78 is 2.43. The highest BCUT2D eigenvalue weighted by Crippen LogP contribution is 2.39. The van der Waals surface area contributed by atoms with E-state index in [4.69, 9.17) is 0 Å². The summed E-state index contributed by atoms with van der Waals surface area (Å²) in [5.74, 6) is 0. The third kappa shape index (κ3) is 7.04. The van der Waals surface area contributed by atoms with Crippen molar-refractivity contribution in [3.63, 3.8) is 0 Å². The van der Waals surface area contributed by atoms with Gasteiger partial charge in [0.25, 0.3) is 0 Å². The molecule has 0 unspecified atom stereocenters. The quantitative estimate of drug-likeness (QED) is 0.134. The first-order valence-corrected chi connectivity index (χ1v) is 26.0. The molecule has 11 aromatic rings. The van der Waals surface area contributed by atoms with Crippen LogP contribution in [0.25, 0.3) is 106 Å². The molecule has 0 N–H and O–H groups in total. The standard InChI is InChI=1S/C64H47NSi/c1-66(2)63-41-56(46-16-10-5-11-17-46)34-37-58(63)59-38-36-57(42-64(59)66)65-43-61(54-32-30-52(31-33-54)50-24-20-48(21-25-50)45-14-8-4-9-15-45)60-40-55(35-39-62(60)65)53-28-26-51(27-29-53)49-22-18-47(19-23-49)44-12-6-3-7-13-44/h3-43H,1-2H3. The first-order valence-electron chi connectivity index (χ1n) is 23.0. The van der Waals surface area contributed by atoms with Crippen LogP contribution in [0.1, 0.15) is 0 Å². The summed E-state index contributed by atoms with van der Waals surface area (Å²) in [6, 6.07) is 89.3. The SMILES string of the molecule is C[Si]1(C)c2cc(-c3ccccc3)ccc2-c2ccc(-n3cc(-c4ccc(-c5ccc(-c6ccccc6)cc5)cc4)c4cc(-c5ccc(-c6ccc(-c7ccccc7)cc6)cc5)ccc43)cc21. The molecule has 0 bridgehead atoms. The van der Waals surface area contributed by atoms with Crippen molar-refractivity contribution < 1.29 is 0 Å². The van der Waals surface area contributed by atoms with E-state index in [1.807, 2.05) is 0 Å². The van der Waals surface area contributed by atoms with Gasteiger partial charge in [-0.05, 0) is 118 Å². The number of rotatable bonds is 8. The summed E-state index contributed by atoms with van der Waals surface area (Å²) in [5, 5.41) is 4.25. The van der Waals surface area contributed by atoms with Gasteiger partial charge in [0.2, 0.25) is 0 Å². The molecule has 66 heavy (non-hydrogen) atoms. The van der Waals surface area contributed by atoms with Gasteiger partial charge in [-0.25, -0.2) is 0 Å². The van der Waals surface area contributed by atoms with E-state index in [0.717, 1.165) is 0 Å². The zero-order valence-corrected chi connectivity index (χ0v) is 38.1. The molecule has 0 fully saturated rings. The van der Waals surface area contributed by atoms with Crippen LogP contribution in [-0.4, -0.2) is 12.6 Å². The lowest BCUT2D eigenvalue weighted by atomic mass is 9.96. The third-order valence-electron chi connectivity index (χ3n) is 13.9. The number of hydrogen-bond acceptors (Lipinski definition) is 0. The van der Waals surface area contributed by atoms with Gasteiger partial charge in [0.1, 0.15) is 8.07 Å². The maximum atomic E-state index is 2.52. The van der Waals surface area contributed by atoms with E-state index in [9.17, 15) is 0 Å². The highest BCUT2D eigenvalue weighted by Gasteiger charge is 2.38. The van der Waals surface area contributed by atoms with Crippen molar-refractivity contribution in [3.8, 4) is 94.7 Å². The highest BCUT2D eigenvalue weighted by atomic mass is 28.3. The van der Waals surface area contributed by atoms with Crippen LogP contribution >= 0.6 is 0 Å². The molecule has 312 valence electrons. The molecule has 2 heteroatoms. The lowest BCUT2D eigenvalue weighted by molar-refractivity contribution is 1.13. The van der Waals surface area contributed by atoms with Crippen LogP contribution in [0.3, 0.4) is 0 Å². The Morgan fingerprint density at radius 3 is 1.08 bits per heavy atom. The fourth-order valence-corrected chi connectivity index (χ4v) is 13.3. The van der Waals surface area contributed by atoms with Crippen molar-refractivity contribution in [3.05, 3.63) is 249 Å². The summed E-state index contributed by atoms with van der Waals surface area (Å²) in [6.07, 6.45) is 2.37. The Morgan fingerprint density at radius 2 is 0.606 bits per heavy atom. The fourth-order valence-electron chi connectivity index (χ4n) is 10.2. The normalized spacial score (nSPS) is 12.5. The molecule has 2 heterocycles. The van der Waals surface area contributed by atoms with Crippen molar-refractivity contribution in [1.82, 2.24) is 4.57 Å². The van der Waals surface area contributed by atoms with Gasteiger partial charge in [-0.1, -0.05) is 231 Å². The number of fused-ring (bicyclic) bond motifs is 4. The van der Waals surface area contributed by atoms with E-state index in [1.54, 1.807) is 0 Å². The van der Waals surface area contributed by atoms with Crippen LogP contribution in [0.15, 0.2) is 249 Å². The summed E-state index contributed by atoms with van der Waals surface area (Å²) in [5.41, 5.74) is 22.3. The summed E-state index contributed by atoms with van der Waals surface area (Å²) in [7, 11) is -2.01. The Morgan fingerprint density at radius 1 is 0.273 bits per heavy atom. The zero-order chi connectivity index (χ0) is 44.2. The first kappa shape index (κ1) is 39.5. The van der Waals surface area contributed by atoms with Crippen molar-refractivity contribution in [2.45, 2.75) is 13.1 Å². The van der Waals surface area contributed by atoms with Gasteiger partial charge in [-0.2, -0.15) is 0 Å². The van der Waals surface area contributed by atoms with Crippen LogP contribution in [-0.2, 0) is 0 Å². The Hall–Kier alpha value is -8.04. The van der Waals surface area contributed by atoms with Crippen LogP contribution in [0, 0.1) is 0 Å². The number of hydrogen-bond donors (Lipinski definition) is 0. The van der Waals surface area contributed by atoms with Crippen molar-refractivity contribution in [2.75, 3.05) is 0 Å². The van der Waals surface area contributed by atoms with Crippen LogP contribution in [0.5, 0.6) is 0 Å². The lowest BCUT2D eigenvalue weighted by Gasteiger charge is -2.20. The molecular weight excluding hydrogens is 811 g/mol. The van der Waals surface area contributed by atoms with E-state index >= 15 is 0 Å². The Balaban J connectivity index is 0.915. The summed E-state index contributed by atoms with van der Waals surface area (Å²) >= 11 is 0. The average molecular weight is 858 g/mol. The first-order chi connectivity index (χ1) is 32.4. The lowest BCUT2D eigenvalue weighted by Crippen LogP contribution is -2.49. The Kier molecular flexibility index (Phi) is 9.70. The molecule has 0 aliphatic carbocycles. The van der Waals surface area contributed by atoms with Gasteiger partial charge in [0.15, 0.2) is 0 Å². The van der Waals surface area contributed by atoms with Gasteiger partial charge < -0.3 is 4.57 Å². The Bertz CT molecular complexity index is 3530. The average Bonchev–Trinajstić information content (AvgIpc) is 3.88. The van der Waals surface area contributed by atoms with Gasteiger partial charge in [0.05, 0.1) is 5.52 Å². The second-order valence-electron chi connectivity index (χ2n) is 18.2. The number of nitrogens with zero attached hydrogens (tertiary/aromatic N) is 1. The molecule has 1 aliphatic rings. The van der Waals surface area contributed by atoms with Gasteiger partial charge in [0, 0.05) is 22.8 Å². The molecule has 0 spiro atoms. The van der Waals surface area contributed by atoms with E-state index in [2.05, 4.69) is 267 Å². The maximum absolute atomic E-state index is 2.52. The second-order valence-corrected chi connectivity index (χ2v) is 22.5. The smallest absolute Gasteiger partial charge is 0.113 e. The van der Waals surface area contributed by atoms with Crippen molar-refractivity contribution in [1.29, 1.82) is 0 Å². The second kappa shape index (κ2) is 16.2. The van der Waals surface area contributed by atoms with Crippen molar-refractivity contribution >= 4 is 29.4 Å². The fraction of sp³-hybridized carbons (Fsp3) is 0.0312.